The van der Waals surface area contributed by atoms with Gasteiger partial charge in [0.2, 0.25) is 5.89 Å². The number of aryl methyl sites for hydroxylation is 1. The maximum absolute atomic E-state index is 14.3. The summed E-state index contributed by atoms with van der Waals surface area (Å²) < 4.78 is 38.9. The van der Waals surface area contributed by atoms with Crippen LogP contribution in [0.3, 0.4) is 0 Å². The molecule has 0 saturated carbocycles. The van der Waals surface area contributed by atoms with Crippen LogP contribution >= 0.6 is 0 Å². The highest BCUT2D eigenvalue weighted by molar-refractivity contribution is 5.86. The van der Waals surface area contributed by atoms with Crippen LogP contribution < -0.4 is 5.32 Å². The summed E-state index contributed by atoms with van der Waals surface area (Å²) in [5.41, 5.74) is 2.49. The van der Waals surface area contributed by atoms with Crippen molar-refractivity contribution in [1.29, 1.82) is 0 Å². The van der Waals surface area contributed by atoms with E-state index in [1.807, 2.05) is 6.07 Å². The number of nitrogens with zero attached hydrogens (tertiary/aromatic N) is 4. The van der Waals surface area contributed by atoms with E-state index in [1.54, 1.807) is 19.1 Å². The van der Waals surface area contributed by atoms with Crippen LogP contribution in [0.1, 0.15) is 47.7 Å². The Kier molecular flexibility index (Phi) is 5.38. The van der Waals surface area contributed by atoms with Crippen molar-refractivity contribution in [3.63, 3.8) is 0 Å². The zero-order valence-electron chi connectivity index (χ0n) is 20.6. The largest absolute Gasteiger partial charge is 0.381 e. The second-order valence-electron chi connectivity index (χ2n) is 9.95. The van der Waals surface area contributed by atoms with Crippen LogP contribution in [0, 0.1) is 24.5 Å². The van der Waals surface area contributed by atoms with Crippen LogP contribution in [0.4, 0.5) is 8.78 Å². The Bertz CT molecular complexity index is 1620. The van der Waals surface area contributed by atoms with Crippen LogP contribution in [0.5, 0.6) is 0 Å². The van der Waals surface area contributed by atoms with Crippen LogP contribution in [0.2, 0.25) is 0 Å². The number of nitrogens with one attached hydrogen (secondary N) is 3. The van der Waals surface area contributed by atoms with E-state index in [9.17, 15) is 8.78 Å². The summed E-state index contributed by atoms with van der Waals surface area (Å²) in [7, 11) is 0. The second kappa shape index (κ2) is 8.81. The van der Waals surface area contributed by atoms with Gasteiger partial charge in [-0.1, -0.05) is 5.16 Å². The highest BCUT2D eigenvalue weighted by atomic mass is 19.1. The molecule has 0 aliphatic carbocycles. The van der Waals surface area contributed by atoms with Gasteiger partial charge in [0.25, 0.3) is 0 Å². The van der Waals surface area contributed by atoms with Crippen molar-refractivity contribution < 1.29 is 18.0 Å². The van der Waals surface area contributed by atoms with Crippen molar-refractivity contribution in [2.75, 3.05) is 13.2 Å². The molecule has 2 aromatic carbocycles. The smallest absolute Gasteiger partial charge is 0.223 e. The molecular formula is C27H25F2N7O2. The first-order chi connectivity index (χ1) is 18.5. The first-order valence-electron chi connectivity index (χ1n) is 12.7. The van der Waals surface area contributed by atoms with E-state index in [-0.39, 0.29) is 23.6 Å². The molecule has 194 valence electrons. The number of hydrogen-bond donors (Lipinski definition) is 3. The third kappa shape index (κ3) is 3.64. The van der Waals surface area contributed by atoms with E-state index in [1.165, 1.54) is 24.3 Å². The van der Waals surface area contributed by atoms with Crippen molar-refractivity contribution in [3.8, 4) is 11.4 Å². The van der Waals surface area contributed by atoms with Crippen LogP contribution in [-0.4, -0.2) is 43.5 Å². The van der Waals surface area contributed by atoms with Gasteiger partial charge in [-0.05, 0) is 73.2 Å². The van der Waals surface area contributed by atoms with Crippen LogP contribution in [-0.2, 0) is 16.7 Å². The standard InChI is InChI=1S/C27H25F2N7O2/c1-14-30-26(36-38-14)27(16-8-10-37-11-9-16)23-20(19-7-6-18(29)12-21(19)31-23)13-22(33-27)25-32-24(34-35-25)15-2-4-17(28)5-3-15/h2-7,12,16,22,31,33H,8-11,13H2,1H3,(H,32,34,35). The summed E-state index contributed by atoms with van der Waals surface area (Å²) >= 11 is 0. The number of hydrogen-bond acceptors (Lipinski definition) is 7. The van der Waals surface area contributed by atoms with Gasteiger partial charge in [0, 0.05) is 42.3 Å². The lowest BCUT2D eigenvalue weighted by atomic mass is 9.71. The van der Waals surface area contributed by atoms with Crippen molar-refractivity contribution in [2.45, 2.75) is 37.8 Å². The second-order valence-corrected chi connectivity index (χ2v) is 9.95. The summed E-state index contributed by atoms with van der Waals surface area (Å²) in [4.78, 5) is 13.0. The molecule has 2 atom stereocenters. The maximum Gasteiger partial charge on any atom is 0.223 e. The Morgan fingerprint density at radius 1 is 1.00 bits per heavy atom. The Labute approximate surface area is 216 Å². The molecule has 7 rings (SSSR count). The lowest BCUT2D eigenvalue weighted by molar-refractivity contribution is 0.0272. The minimum absolute atomic E-state index is 0.0622. The van der Waals surface area contributed by atoms with E-state index in [4.69, 9.17) is 19.2 Å². The highest BCUT2D eigenvalue weighted by Gasteiger charge is 2.53. The zero-order valence-corrected chi connectivity index (χ0v) is 20.6. The lowest BCUT2D eigenvalue weighted by Gasteiger charge is -2.45. The van der Waals surface area contributed by atoms with Gasteiger partial charge in [-0.15, -0.1) is 0 Å². The lowest BCUT2D eigenvalue weighted by Crippen LogP contribution is -2.56. The molecule has 0 amide bonds. The monoisotopic (exact) mass is 517 g/mol. The van der Waals surface area contributed by atoms with Crippen molar-refractivity contribution >= 4 is 10.9 Å². The summed E-state index contributed by atoms with van der Waals surface area (Å²) in [6, 6.07) is 10.6. The van der Waals surface area contributed by atoms with Crippen molar-refractivity contribution in [2.24, 2.45) is 5.92 Å². The van der Waals surface area contributed by atoms with Gasteiger partial charge in [-0.3, -0.25) is 10.4 Å². The van der Waals surface area contributed by atoms with Crippen LogP contribution in [0.15, 0.2) is 47.0 Å². The molecule has 5 aromatic rings. The molecule has 11 heteroatoms. The first kappa shape index (κ1) is 23.2. The maximum atomic E-state index is 14.3. The van der Waals surface area contributed by atoms with E-state index in [0.717, 1.165) is 29.5 Å². The van der Waals surface area contributed by atoms with Gasteiger partial charge in [-0.2, -0.15) is 10.1 Å². The quantitative estimate of drug-likeness (QED) is 0.322. The van der Waals surface area contributed by atoms with Crippen LogP contribution in [0.25, 0.3) is 22.3 Å². The third-order valence-electron chi connectivity index (χ3n) is 7.72. The molecule has 1 saturated heterocycles. The summed E-state index contributed by atoms with van der Waals surface area (Å²) in [6.45, 7) is 2.98. The third-order valence-corrected chi connectivity index (χ3v) is 7.72. The fraction of sp³-hybridized carbons (Fsp3) is 0.333. The molecule has 0 spiro atoms. The molecule has 1 fully saturated rings. The summed E-state index contributed by atoms with van der Waals surface area (Å²) in [6.07, 6.45) is 2.11. The summed E-state index contributed by atoms with van der Waals surface area (Å²) in [5, 5.41) is 16.7. The fourth-order valence-electron chi connectivity index (χ4n) is 5.97. The molecule has 38 heavy (non-hydrogen) atoms. The number of aromatic nitrogens is 6. The Hall–Kier alpha value is -3.96. The van der Waals surface area contributed by atoms with Gasteiger partial charge in [-0.25, -0.2) is 13.8 Å². The fourth-order valence-corrected chi connectivity index (χ4v) is 5.97. The zero-order chi connectivity index (χ0) is 25.9. The number of benzene rings is 2. The molecule has 0 radical (unpaired) electrons. The van der Waals surface area contributed by atoms with Gasteiger partial charge in [0.1, 0.15) is 23.0 Å². The number of halogens is 2. The topological polar surface area (TPSA) is 118 Å². The molecule has 2 aliphatic rings. The predicted octanol–water partition coefficient (Wildman–Crippen LogP) is 4.48. The SMILES string of the molecule is Cc1nc(C2(C3CCOCC3)NC(c3nc(-c4ccc(F)cc4)n[nH]3)Cc3c2[nH]c2cc(F)ccc32)no1. The average Bonchev–Trinajstić information content (AvgIpc) is 3.68. The number of H-pyrrole nitrogens is 2. The van der Waals surface area contributed by atoms with Gasteiger partial charge >= 0.3 is 0 Å². The van der Waals surface area contributed by atoms with E-state index in [2.05, 4.69) is 25.7 Å². The molecule has 9 nitrogen and oxygen atoms in total. The molecular weight excluding hydrogens is 492 g/mol. The van der Waals surface area contributed by atoms with Gasteiger partial charge in [0.05, 0.1) is 6.04 Å². The molecule has 3 N–H and O–H groups in total. The molecule has 0 bridgehead atoms. The molecule has 2 unspecified atom stereocenters. The molecule has 3 aromatic heterocycles. The van der Waals surface area contributed by atoms with Crippen molar-refractivity contribution in [3.05, 3.63) is 82.9 Å². The van der Waals surface area contributed by atoms with Crippen molar-refractivity contribution in [1.82, 2.24) is 35.6 Å². The molecule has 5 heterocycles. The Morgan fingerprint density at radius 2 is 1.79 bits per heavy atom. The highest BCUT2D eigenvalue weighted by Crippen LogP contribution is 2.48. The number of rotatable bonds is 4. The average molecular weight is 518 g/mol. The molecule has 2 aliphatic heterocycles. The van der Waals surface area contributed by atoms with E-state index >= 15 is 0 Å². The number of aromatic amines is 2. The minimum atomic E-state index is -0.863. The normalized spacial score (nSPS) is 22.1. The summed E-state index contributed by atoms with van der Waals surface area (Å²) in [5.74, 6) is 1.50. The first-order valence-corrected chi connectivity index (χ1v) is 12.7. The number of ether oxygens (including phenoxy) is 1. The van der Waals surface area contributed by atoms with Gasteiger partial charge < -0.3 is 14.2 Å². The van der Waals surface area contributed by atoms with E-state index < -0.39 is 5.54 Å². The Balaban J connectivity index is 1.41. The van der Waals surface area contributed by atoms with E-state index in [0.29, 0.717) is 54.1 Å². The Morgan fingerprint density at radius 3 is 2.55 bits per heavy atom. The number of fused-ring (bicyclic) bond motifs is 3. The predicted molar refractivity (Wildman–Crippen MR) is 133 cm³/mol. The minimum Gasteiger partial charge on any atom is -0.381 e. The van der Waals surface area contributed by atoms with Gasteiger partial charge in [0.15, 0.2) is 11.6 Å².